The largest absolute Gasteiger partial charge is 0.379 e. The van der Waals surface area contributed by atoms with E-state index >= 15 is 0 Å². The van der Waals surface area contributed by atoms with Crippen molar-refractivity contribution in [3.05, 3.63) is 35.9 Å². The maximum absolute atomic E-state index is 6.23. The Hall–Kier alpha value is -1.02. The molecule has 0 amide bonds. The van der Waals surface area contributed by atoms with Crippen LogP contribution in [-0.4, -0.2) is 69.5 Å². The van der Waals surface area contributed by atoms with Crippen LogP contribution in [0, 0.1) is 0 Å². The minimum atomic E-state index is -0.319. The summed E-state index contributed by atoms with van der Waals surface area (Å²) < 4.78 is 29.3. The molecule has 132 valence electrons. The third kappa shape index (κ3) is 3.35. The molecule has 0 radical (unpaired) electrons. The van der Waals surface area contributed by atoms with Crippen molar-refractivity contribution in [2.24, 2.45) is 0 Å². The van der Waals surface area contributed by atoms with E-state index in [2.05, 4.69) is 4.90 Å². The van der Waals surface area contributed by atoms with Crippen LogP contribution in [-0.2, 0) is 23.7 Å². The molecule has 0 N–H and O–H groups in total. The maximum Gasteiger partial charge on any atom is 0.184 e. The van der Waals surface area contributed by atoms with E-state index in [-0.39, 0.29) is 30.8 Å². The summed E-state index contributed by atoms with van der Waals surface area (Å²) in [6, 6.07) is 10.3. The van der Waals surface area contributed by atoms with Gasteiger partial charge in [-0.3, -0.25) is 4.90 Å². The van der Waals surface area contributed by atoms with Crippen molar-refractivity contribution in [1.82, 2.24) is 4.90 Å². The smallest absolute Gasteiger partial charge is 0.184 e. The van der Waals surface area contributed by atoms with Crippen LogP contribution in [0.4, 0.5) is 0 Å². The first-order valence-corrected chi connectivity index (χ1v) is 8.67. The second kappa shape index (κ2) is 7.47. The molecular weight excluding hydrogens is 310 g/mol. The first-order valence-electron chi connectivity index (χ1n) is 8.67. The summed E-state index contributed by atoms with van der Waals surface area (Å²) in [5.74, 6) is 0. The minimum Gasteiger partial charge on any atom is -0.379 e. The Morgan fingerprint density at radius 3 is 2.58 bits per heavy atom. The molecule has 1 aromatic rings. The zero-order valence-electron chi connectivity index (χ0n) is 14.0. The fourth-order valence-corrected chi connectivity index (χ4v) is 3.75. The highest BCUT2D eigenvalue weighted by Crippen LogP contribution is 2.35. The van der Waals surface area contributed by atoms with E-state index in [4.69, 9.17) is 23.7 Å². The van der Waals surface area contributed by atoms with Gasteiger partial charge >= 0.3 is 0 Å². The highest BCUT2D eigenvalue weighted by molar-refractivity contribution is 5.16. The number of hydrogen-bond donors (Lipinski definition) is 0. The lowest BCUT2D eigenvalue weighted by atomic mass is 9.97. The SMILES string of the molecule is CO[C@@H]1O[C@@H]2COC(c3ccccc3)O[C@H]2C[C@H]1N1CCOCC1. The molecule has 1 unspecified atom stereocenters. The molecule has 6 heteroatoms. The van der Waals surface area contributed by atoms with Crippen molar-refractivity contribution in [2.45, 2.75) is 37.3 Å². The van der Waals surface area contributed by atoms with Gasteiger partial charge in [-0.25, -0.2) is 0 Å². The highest BCUT2D eigenvalue weighted by Gasteiger charge is 2.45. The fourth-order valence-electron chi connectivity index (χ4n) is 3.75. The van der Waals surface area contributed by atoms with Gasteiger partial charge < -0.3 is 23.7 Å². The van der Waals surface area contributed by atoms with Crippen LogP contribution in [0.2, 0.25) is 0 Å². The molecule has 0 saturated carbocycles. The van der Waals surface area contributed by atoms with Crippen LogP contribution >= 0.6 is 0 Å². The van der Waals surface area contributed by atoms with Gasteiger partial charge in [0.15, 0.2) is 12.6 Å². The molecule has 0 aromatic heterocycles. The number of nitrogens with zero attached hydrogens (tertiary/aromatic N) is 1. The Labute approximate surface area is 142 Å². The summed E-state index contributed by atoms with van der Waals surface area (Å²) in [7, 11) is 1.70. The van der Waals surface area contributed by atoms with Crippen LogP contribution in [0.25, 0.3) is 0 Å². The number of methoxy groups -OCH3 is 1. The quantitative estimate of drug-likeness (QED) is 0.836. The number of rotatable bonds is 3. The number of ether oxygens (including phenoxy) is 5. The van der Waals surface area contributed by atoms with E-state index in [1.165, 1.54) is 0 Å². The Kier molecular flexibility index (Phi) is 5.12. The zero-order chi connectivity index (χ0) is 16.4. The monoisotopic (exact) mass is 335 g/mol. The molecule has 1 aromatic carbocycles. The first kappa shape index (κ1) is 16.4. The number of hydrogen-bond acceptors (Lipinski definition) is 6. The highest BCUT2D eigenvalue weighted by atomic mass is 16.7. The molecule has 3 saturated heterocycles. The van der Waals surface area contributed by atoms with Gasteiger partial charge in [0.25, 0.3) is 0 Å². The van der Waals surface area contributed by atoms with Crippen LogP contribution in [0.15, 0.2) is 30.3 Å². The van der Waals surface area contributed by atoms with Crippen molar-refractivity contribution in [3.63, 3.8) is 0 Å². The van der Waals surface area contributed by atoms with Crippen LogP contribution < -0.4 is 0 Å². The molecule has 5 atom stereocenters. The summed E-state index contributed by atoms with van der Waals surface area (Å²) >= 11 is 0. The second-order valence-electron chi connectivity index (χ2n) is 6.48. The van der Waals surface area contributed by atoms with Crippen LogP contribution in [0.5, 0.6) is 0 Å². The number of fused-ring (bicyclic) bond motifs is 1. The van der Waals surface area contributed by atoms with E-state index in [0.29, 0.717) is 6.61 Å². The summed E-state index contributed by atoms with van der Waals surface area (Å²) in [6.45, 7) is 3.86. The number of benzene rings is 1. The van der Waals surface area contributed by atoms with Gasteiger partial charge in [-0.15, -0.1) is 0 Å². The lowest BCUT2D eigenvalue weighted by molar-refractivity contribution is -0.327. The van der Waals surface area contributed by atoms with Crippen molar-refractivity contribution < 1.29 is 23.7 Å². The maximum atomic E-state index is 6.23. The lowest BCUT2D eigenvalue weighted by Gasteiger charge is -2.48. The van der Waals surface area contributed by atoms with Crippen molar-refractivity contribution in [3.8, 4) is 0 Å². The molecule has 4 rings (SSSR count). The third-order valence-corrected chi connectivity index (χ3v) is 5.04. The van der Waals surface area contributed by atoms with E-state index in [1.807, 2.05) is 30.3 Å². The molecule has 0 aliphatic carbocycles. The molecular formula is C18H25NO5. The van der Waals surface area contributed by atoms with Gasteiger partial charge in [-0.05, 0) is 6.42 Å². The summed E-state index contributed by atoms with van der Waals surface area (Å²) in [4.78, 5) is 2.39. The predicted molar refractivity (Wildman–Crippen MR) is 86.5 cm³/mol. The molecule has 3 fully saturated rings. The summed E-state index contributed by atoms with van der Waals surface area (Å²) in [5, 5.41) is 0. The van der Waals surface area contributed by atoms with E-state index in [1.54, 1.807) is 7.11 Å². The fraction of sp³-hybridized carbons (Fsp3) is 0.667. The Morgan fingerprint density at radius 2 is 1.83 bits per heavy atom. The van der Waals surface area contributed by atoms with Gasteiger partial charge in [0, 0.05) is 25.8 Å². The molecule has 3 aliphatic rings. The van der Waals surface area contributed by atoms with Gasteiger partial charge in [-0.2, -0.15) is 0 Å². The second-order valence-corrected chi connectivity index (χ2v) is 6.48. The third-order valence-electron chi connectivity index (χ3n) is 5.04. The predicted octanol–water partition coefficient (Wildman–Crippen LogP) is 1.56. The van der Waals surface area contributed by atoms with Gasteiger partial charge in [-0.1, -0.05) is 30.3 Å². The molecule has 6 nitrogen and oxygen atoms in total. The summed E-state index contributed by atoms with van der Waals surface area (Å²) in [5.41, 5.74) is 1.05. The first-order chi connectivity index (χ1) is 11.8. The van der Waals surface area contributed by atoms with Crippen LogP contribution in [0.1, 0.15) is 18.3 Å². The number of morpholine rings is 1. The normalized spacial score (nSPS) is 37.8. The molecule has 3 heterocycles. The van der Waals surface area contributed by atoms with Gasteiger partial charge in [0.1, 0.15) is 6.10 Å². The molecule has 0 bridgehead atoms. The standard InChI is InChI=1S/C18H25NO5/c1-20-18-14(19-7-9-21-10-8-19)11-15-16(24-18)12-22-17(23-15)13-5-3-2-4-6-13/h2-6,14-18H,7-12H2,1H3/t14-,15+,16-,17?,18-/m1/s1. The summed E-state index contributed by atoms with van der Waals surface area (Å²) in [6.07, 6.45) is 0.260. The average Bonchev–Trinajstić information content (AvgIpc) is 2.68. The minimum absolute atomic E-state index is 0.0169. The topological polar surface area (TPSA) is 49.4 Å². The van der Waals surface area contributed by atoms with Crippen LogP contribution in [0.3, 0.4) is 0 Å². The van der Waals surface area contributed by atoms with Crippen molar-refractivity contribution in [2.75, 3.05) is 40.0 Å². The van der Waals surface area contributed by atoms with Crippen molar-refractivity contribution in [1.29, 1.82) is 0 Å². The Bertz CT molecular complexity index is 521. The zero-order valence-corrected chi connectivity index (χ0v) is 14.0. The lowest BCUT2D eigenvalue weighted by Crippen LogP contribution is -2.60. The molecule has 3 aliphatic heterocycles. The average molecular weight is 335 g/mol. The van der Waals surface area contributed by atoms with Gasteiger partial charge in [0.05, 0.1) is 32.0 Å². The van der Waals surface area contributed by atoms with Gasteiger partial charge in [0.2, 0.25) is 0 Å². The van der Waals surface area contributed by atoms with E-state index in [0.717, 1.165) is 38.3 Å². The van der Waals surface area contributed by atoms with E-state index < -0.39 is 0 Å². The Morgan fingerprint density at radius 1 is 1.04 bits per heavy atom. The molecule has 0 spiro atoms. The molecule has 24 heavy (non-hydrogen) atoms. The van der Waals surface area contributed by atoms with Crippen molar-refractivity contribution >= 4 is 0 Å². The Balaban J connectivity index is 1.46. The van der Waals surface area contributed by atoms with E-state index in [9.17, 15) is 0 Å².